The predicted molar refractivity (Wildman–Crippen MR) is 147 cm³/mol. The maximum atomic E-state index is 13.4. The Labute approximate surface area is 221 Å². The van der Waals surface area contributed by atoms with Crippen LogP contribution in [-0.4, -0.2) is 17.7 Å². The van der Waals surface area contributed by atoms with Crippen molar-refractivity contribution in [3.8, 4) is 11.5 Å². The van der Waals surface area contributed by atoms with Crippen LogP contribution < -0.4 is 9.47 Å². The van der Waals surface area contributed by atoms with Crippen LogP contribution in [0.2, 0.25) is 0 Å². The molecule has 4 aromatic rings. The van der Waals surface area contributed by atoms with Crippen LogP contribution in [0.1, 0.15) is 57.9 Å². The Bertz CT molecular complexity index is 1640. The smallest absolute Gasteiger partial charge is 0.338 e. The minimum atomic E-state index is -0.573. The van der Waals surface area contributed by atoms with Crippen molar-refractivity contribution in [2.24, 2.45) is 0 Å². The Kier molecular flexibility index (Phi) is 6.29. The first kappa shape index (κ1) is 24.9. The van der Waals surface area contributed by atoms with Gasteiger partial charge in [-0.15, -0.1) is 0 Å². The second-order valence-electron chi connectivity index (χ2n) is 9.52. The largest absolute Gasteiger partial charge is 0.422 e. The zero-order valence-corrected chi connectivity index (χ0v) is 21.5. The van der Waals surface area contributed by atoms with Crippen LogP contribution >= 0.6 is 0 Å². The number of hydrogen-bond acceptors (Lipinski definition) is 5. The standard InChI is InChI=1S/C33H26O5/c1-18(2)32(35)37-30-20(5)27(31(38-33(36)19(3)4)26-17-11-10-16-25(26)30)28-21-12-6-8-14-23(21)29(34)24-15-9-7-13-22(24)28/h6-17,28H,1,3H2,2,4-5H3. The monoisotopic (exact) mass is 502 g/mol. The molecule has 4 aromatic carbocycles. The van der Waals surface area contributed by atoms with Gasteiger partial charge in [0, 0.05) is 50.1 Å². The summed E-state index contributed by atoms with van der Waals surface area (Å²) in [7, 11) is 0. The van der Waals surface area contributed by atoms with Gasteiger partial charge in [0.05, 0.1) is 0 Å². The third-order valence-electron chi connectivity index (χ3n) is 6.81. The van der Waals surface area contributed by atoms with E-state index in [0.29, 0.717) is 44.5 Å². The molecule has 0 unspecified atom stereocenters. The van der Waals surface area contributed by atoms with Crippen LogP contribution in [0.5, 0.6) is 11.5 Å². The Hall–Kier alpha value is -4.77. The van der Waals surface area contributed by atoms with Gasteiger partial charge < -0.3 is 9.47 Å². The molecule has 0 bridgehead atoms. The predicted octanol–water partition coefficient (Wildman–Crippen LogP) is 6.84. The van der Waals surface area contributed by atoms with Gasteiger partial charge in [-0.3, -0.25) is 4.79 Å². The average molecular weight is 503 g/mol. The summed E-state index contributed by atoms with van der Waals surface area (Å²) in [5.41, 5.74) is 4.45. The summed E-state index contributed by atoms with van der Waals surface area (Å²) < 4.78 is 11.9. The molecule has 0 heterocycles. The van der Waals surface area contributed by atoms with Crippen molar-refractivity contribution < 1.29 is 23.9 Å². The maximum Gasteiger partial charge on any atom is 0.338 e. The summed E-state index contributed by atoms with van der Waals surface area (Å²) in [6.45, 7) is 12.5. The van der Waals surface area contributed by atoms with E-state index < -0.39 is 17.9 Å². The SMILES string of the molecule is C=C(C)C(=O)Oc1c(C)c(C2c3ccccc3C(=O)c3ccccc32)c(OC(=O)C(=C)C)c2ccccc12. The van der Waals surface area contributed by atoms with Crippen molar-refractivity contribution in [1.29, 1.82) is 0 Å². The molecule has 0 aliphatic heterocycles. The van der Waals surface area contributed by atoms with Gasteiger partial charge in [-0.2, -0.15) is 0 Å². The Morgan fingerprint density at radius 3 is 1.61 bits per heavy atom. The van der Waals surface area contributed by atoms with Gasteiger partial charge in [-0.1, -0.05) is 86.0 Å². The first-order valence-electron chi connectivity index (χ1n) is 12.2. The second-order valence-corrected chi connectivity index (χ2v) is 9.52. The van der Waals surface area contributed by atoms with Crippen molar-refractivity contribution in [3.63, 3.8) is 0 Å². The lowest BCUT2D eigenvalue weighted by Crippen LogP contribution is -2.22. The highest BCUT2D eigenvalue weighted by Crippen LogP contribution is 2.50. The van der Waals surface area contributed by atoms with E-state index in [1.165, 1.54) is 0 Å². The fourth-order valence-electron chi connectivity index (χ4n) is 5.00. The van der Waals surface area contributed by atoms with E-state index in [4.69, 9.17) is 9.47 Å². The lowest BCUT2D eigenvalue weighted by atomic mass is 9.72. The number of ketones is 1. The molecule has 0 amide bonds. The normalized spacial score (nSPS) is 12.4. The second kappa shape index (κ2) is 9.60. The first-order valence-corrected chi connectivity index (χ1v) is 12.2. The van der Waals surface area contributed by atoms with E-state index in [1.54, 1.807) is 26.0 Å². The van der Waals surface area contributed by atoms with Crippen molar-refractivity contribution in [1.82, 2.24) is 0 Å². The highest BCUT2D eigenvalue weighted by molar-refractivity contribution is 6.13. The molecule has 5 heteroatoms. The zero-order chi connectivity index (χ0) is 27.1. The van der Waals surface area contributed by atoms with Crippen LogP contribution in [0.25, 0.3) is 10.8 Å². The van der Waals surface area contributed by atoms with Crippen molar-refractivity contribution in [3.05, 3.63) is 130 Å². The van der Waals surface area contributed by atoms with Crippen LogP contribution in [0.3, 0.4) is 0 Å². The molecule has 0 fully saturated rings. The third-order valence-corrected chi connectivity index (χ3v) is 6.81. The lowest BCUT2D eigenvalue weighted by molar-refractivity contribution is -0.131. The molecule has 0 atom stereocenters. The van der Waals surface area contributed by atoms with Crippen molar-refractivity contribution >= 4 is 28.5 Å². The topological polar surface area (TPSA) is 69.7 Å². The summed E-state index contributed by atoms with van der Waals surface area (Å²) in [5.74, 6) is -0.984. The Morgan fingerprint density at radius 1 is 0.684 bits per heavy atom. The highest BCUT2D eigenvalue weighted by Gasteiger charge is 2.36. The summed E-state index contributed by atoms with van der Waals surface area (Å²) >= 11 is 0. The minimum Gasteiger partial charge on any atom is -0.422 e. The lowest BCUT2D eigenvalue weighted by Gasteiger charge is -2.31. The fraction of sp³-hybridized carbons (Fsp3) is 0.121. The van der Waals surface area contributed by atoms with Gasteiger partial charge in [0.2, 0.25) is 0 Å². The van der Waals surface area contributed by atoms with Gasteiger partial charge >= 0.3 is 11.9 Å². The molecular formula is C33H26O5. The number of carbonyl (C=O) groups is 3. The van der Waals surface area contributed by atoms with E-state index in [1.807, 2.05) is 67.6 Å². The van der Waals surface area contributed by atoms with Gasteiger partial charge in [0.15, 0.2) is 5.78 Å². The number of carbonyl (C=O) groups excluding carboxylic acids is 3. The van der Waals surface area contributed by atoms with Gasteiger partial charge in [-0.25, -0.2) is 9.59 Å². The molecule has 0 N–H and O–H groups in total. The van der Waals surface area contributed by atoms with Gasteiger partial charge in [-0.05, 0) is 31.9 Å². The van der Waals surface area contributed by atoms with Crippen LogP contribution in [0.15, 0.2) is 97.1 Å². The van der Waals surface area contributed by atoms with E-state index in [0.717, 1.165) is 11.1 Å². The molecule has 0 radical (unpaired) electrons. The molecule has 5 nitrogen and oxygen atoms in total. The Balaban J connectivity index is 1.92. The average Bonchev–Trinajstić information content (AvgIpc) is 2.92. The summed E-state index contributed by atoms with van der Waals surface area (Å²) in [4.78, 5) is 39.1. The maximum absolute atomic E-state index is 13.4. The third kappa shape index (κ3) is 4.02. The van der Waals surface area contributed by atoms with Crippen molar-refractivity contribution in [2.45, 2.75) is 26.7 Å². The number of benzene rings is 4. The number of hydrogen-bond donors (Lipinski definition) is 0. The Morgan fingerprint density at radius 2 is 1.11 bits per heavy atom. The molecule has 0 aromatic heterocycles. The molecule has 38 heavy (non-hydrogen) atoms. The fourth-order valence-corrected chi connectivity index (χ4v) is 5.00. The number of ether oxygens (including phenoxy) is 2. The molecule has 1 aliphatic carbocycles. The van der Waals surface area contributed by atoms with Gasteiger partial charge in [0.25, 0.3) is 0 Å². The van der Waals surface area contributed by atoms with E-state index in [9.17, 15) is 14.4 Å². The van der Waals surface area contributed by atoms with E-state index >= 15 is 0 Å². The zero-order valence-electron chi connectivity index (χ0n) is 21.5. The summed E-state index contributed by atoms with van der Waals surface area (Å²) in [6.07, 6.45) is 0. The molecule has 0 spiro atoms. The number of rotatable bonds is 5. The number of esters is 2. The number of fused-ring (bicyclic) bond motifs is 3. The van der Waals surface area contributed by atoms with Crippen LogP contribution in [0, 0.1) is 6.92 Å². The van der Waals surface area contributed by atoms with Crippen molar-refractivity contribution in [2.75, 3.05) is 0 Å². The van der Waals surface area contributed by atoms with Crippen LogP contribution in [0.4, 0.5) is 0 Å². The first-order chi connectivity index (χ1) is 18.2. The van der Waals surface area contributed by atoms with E-state index in [-0.39, 0.29) is 16.9 Å². The van der Waals surface area contributed by atoms with E-state index in [2.05, 4.69) is 13.2 Å². The molecule has 1 aliphatic rings. The summed E-state index contributed by atoms with van der Waals surface area (Å²) in [5, 5.41) is 1.21. The molecule has 188 valence electrons. The quantitative estimate of drug-likeness (QED) is 0.150. The van der Waals surface area contributed by atoms with Gasteiger partial charge in [0.1, 0.15) is 11.5 Å². The molecule has 5 rings (SSSR count). The highest BCUT2D eigenvalue weighted by atomic mass is 16.5. The molecule has 0 saturated carbocycles. The molecular weight excluding hydrogens is 476 g/mol. The van der Waals surface area contributed by atoms with Crippen LogP contribution in [-0.2, 0) is 9.59 Å². The minimum absolute atomic E-state index is 0.0692. The molecule has 0 saturated heterocycles. The summed E-state index contributed by atoms with van der Waals surface area (Å²) in [6, 6.07) is 22.1.